The fourth-order valence-electron chi connectivity index (χ4n) is 1.53. The Bertz CT molecular complexity index is 378. The lowest BCUT2D eigenvalue weighted by Crippen LogP contribution is -2.23. The van der Waals surface area contributed by atoms with Gasteiger partial charge in [-0.1, -0.05) is 19.9 Å². The molecule has 0 saturated heterocycles. The lowest BCUT2D eigenvalue weighted by atomic mass is 10.1. The summed E-state index contributed by atoms with van der Waals surface area (Å²) in [5.41, 5.74) is 0.914. The van der Waals surface area contributed by atoms with E-state index in [4.69, 9.17) is 4.74 Å². The molecule has 100 valence electrons. The lowest BCUT2D eigenvalue weighted by Gasteiger charge is -2.10. The maximum Gasteiger partial charge on any atom is 0.220 e. The maximum absolute atomic E-state index is 11.6. The van der Waals surface area contributed by atoms with E-state index in [0.29, 0.717) is 31.4 Å². The van der Waals surface area contributed by atoms with Crippen LogP contribution < -0.4 is 10.1 Å². The Morgan fingerprint density at radius 3 is 2.94 bits per heavy atom. The van der Waals surface area contributed by atoms with Crippen LogP contribution in [0.4, 0.5) is 0 Å². The molecule has 1 rings (SSSR count). The topological polar surface area (TPSA) is 51.2 Å². The Labute approximate surface area is 109 Å². The number of nitrogens with zero attached hydrogens (tertiary/aromatic N) is 1. The predicted molar refractivity (Wildman–Crippen MR) is 71.3 cm³/mol. The third kappa shape index (κ3) is 5.17. The van der Waals surface area contributed by atoms with Crippen molar-refractivity contribution in [3.05, 3.63) is 23.9 Å². The number of hydrogen-bond acceptors (Lipinski definition) is 3. The minimum atomic E-state index is 0.0787. The first-order chi connectivity index (χ1) is 8.63. The normalized spacial score (nSPS) is 10.4. The SMILES string of the molecule is CCOc1ncccc1CNC(=O)CCC(C)C. The highest BCUT2D eigenvalue weighted by Crippen LogP contribution is 2.13. The molecule has 1 N–H and O–H groups in total. The summed E-state index contributed by atoms with van der Waals surface area (Å²) in [6.45, 7) is 7.19. The number of amides is 1. The molecule has 0 aliphatic carbocycles. The van der Waals surface area contributed by atoms with Gasteiger partial charge in [-0.25, -0.2) is 4.98 Å². The van der Waals surface area contributed by atoms with Crippen molar-refractivity contribution < 1.29 is 9.53 Å². The molecule has 0 atom stereocenters. The molecule has 0 spiro atoms. The number of nitrogens with one attached hydrogen (secondary N) is 1. The zero-order chi connectivity index (χ0) is 13.4. The van der Waals surface area contributed by atoms with E-state index < -0.39 is 0 Å². The van der Waals surface area contributed by atoms with E-state index in [1.54, 1.807) is 6.20 Å². The van der Waals surface area contributed by atoms with Gasteiger partial charge in [-0.15, -0.1) is 0 Å². The van der Waals surface area contributed by atoms with Crippen LogP contribution in [0.15, 0.2) is 18.3 Å². The Morgan fingerprint density at radius 2 is 2.28 bits per heavy atom. The molecular formula is C14H22N2O2. The Balaban J connectivity index is 2.45. The molecule has 0 aromatic carbocycles. The van der Waals surface area contributed by atoms with E-state index in [2.05, 4.69) is 24.1 Å². The number of aromatic nitrogens is 1. The van der Waals surface area contributed by atoms with E-state index in [-0.39, 0.29) is 5.91 Å². The van der Waals surface area contributed by atoms with Crippen LogP contribution in [0.25, 0.3) is 0 Å². The number of ether oxygens (including phenoxy) is 1. The van der Waals surface area contributed by atoms with Crippen LogP contribution in [0.5, 0.6) is 5.88 Å². The van der Waals surface area contributed by atoms with Crippen molar-refractivity contribution in [2.24, 2.45) is 5.92 Å². The number of rotatable bonds is 7. The van der Waals surface area contributed by atoms with Gasteiger partial charge in [-0.05, 0) is 25.3 Å². The number of carbonyl (C=O) groups is 1. The molecule has 0 aliphatic heterocycles. The van der Waals surface area contributed by atoms with E-state index in [1.807, 2.05) is 19.1 Å². The number of hydrogen-bond donors (Lipinski definition) is 1. The summed E-state index contributed by atoms with van der Waals surface area (Å²) in [5, 5.41) is 2.89. The Morgan fingerprint density at radius 1 is 1.50 bits per heavy atom. The van der Waals surface area contributed by atoms with Crippen molar-refractivity contribution in [1.82, 2.24) is 10.3 Å². The fourth-order valence-corrected chi connectivity index (χ4v) is 1.53. The first-order valence-corrected chi connectivity index (χ1v) is 6.46. The second-order valence-electron chi connectivity index (χ2n) is 4.61. The second-order valence-corrected chi connectivity index (χ2v) is 4.61. The van der Waals surface area contributed by atoms with E-state index in [1.165, 1.54) is 0 Å². The Kier molecular flexibility index (Phi) is 6.19. The molecule has 0 fully saturated rings. The second kappa shape index (κ2) is 7.69. The van der Waals surface area contributed by atoms with Gasteiger partial charge >= 0.3 is 0 Å². The molecule has 0 radical (unpaired) electrons. The molecule has 0 unspecified atom stereocenters. The maximum atomic E-state index is 11.6. The van der Waals surface area contributed by atoms with Gasteiger partial charge < -0.3 is 10.1 Å². The van der Waals surface area contributed by atoms with Crippen LogP contribution in [0, 0.1) is 5.92 Å². The molecule has 1 amide bonds. The summed E-state index contributed by atoms with van der Waals surface area (Å²) in [4.78, 5) is 15.8. The molecule has 1 aromatic heterocycles. The van der Waals surface area contributed by atoms with Crippen LogP contribution in [-0.2, 0) is 11.3 Å². The summed E-state index contributed by atoms with van der Waals surface area (Å²) in [6.07, 6.45) is 3.17. The average Bonchev–Trinajstić information content (AvgIpc) is 2.35. The van der Waals surface area contributed by atoms with Gasteiger partial charge in [0.05, 0.1) is 6.61 Å². The van der Waals surface area contributed by atoms with Crippen molar-refractivity contribution in [2.45, 2.75) is 40.2 Å². The van der Waals surface area contributed by atoms with Crippen LogP contribution >= 0.6 is 0 Å². The largest absolute Gasteiger partial charge is 0.478 e. The van der Waals surface area contributed by atoms with Crippen LogP contribution in [0.3, 0.4) is 0 Å². The van der Waals surface area contributed by atoms with Gasteiger partial charge in [0, 0.05) is 24.7 Å². The molecule has 4 nitrogen and oxygen atoms in total. The summed E-state index contributed by atoms with van der Waals surface area (Å²) in [6, 6.07) is 3.76. The molecule has 18 heavy (non-hydrogen) atoms. The fraction of sp³-hybridized carbons (Fsp3) is 0.571. The summed E-state index contributed by atoms with van der Waals surface area (Å²) >= 11 is 0. The molecule has 4 heteroatoms. The minimum Gasteiger partial charge on any atom is -0.478 e. The number of carbonyl (C=O) groups excluding carboxylic acids is 1. The number of pyridine rings is 1. The summed E-state index contributed by atoms with van der Waals surface area (Å²) in [5.74, 6) is 1.23. The molecule has 1 heterocycles. The summed E-state index contributed by atoms with van der Waals surface area (Å²) in [7, 11) is 0. The van der Waals surface area contributed by atoms with Crippen LogP contribution in [0.2, 0.25) is 0 Å². The molecular weight excluding hydrogens is 228 g/mol. The zero-order valence-electron chi connectivity index (χ0n) is 11.4. The van der Waals surface area contributed by atoms with Crippen molar-refractivity contribution in [3.8, 4) is 5.88 Å². The van der Waals surface area contributed by atoms with Gasteiger partial charge in [-0.2, -0.15) is 0 Å². The van der Waals surface area contributed by atoms with Crippen LogP contribution in [-0.4, -0.2) is 17.5 Å². The van der Waals surface area contributed by atoms with Gasteiger partial charge in [0.15, 0.2) is 0 Å². The zero-order valence-corrected chi connectivity index (χ0v) is 11.4. The van der Waals surface area contributed by atoms with Crippen molar-refractivity contribution in [1.29, 1.82) is 0 Å². The molecule has 0 bridgehead atoms. The first-order valence-electron chi connectivity index (χ1n) is 6.46. The minimum absolute atomic E-state index is 0.0787. The molecule has 1 aromatic rings. The third-order valence-corrected chi connectivity index (χ3v) is 2.56. The summed E-state index contributed by atoms with van der Waals surface area (Å²) < 4.78 is 5.41. The monoisotopic (exact) mass is 250 g/mol. The van der Waals surface area contributed by atoms with Gasteiger partial charge in [0.1, 0.15) is 0 Å². The van der Waals surface area contributed by atoms with E-state index >= 15 is 0 Å². The van der Waals surface area contributed by atoms with Gasteiger partial charge in [0.2, 0.25) is 11.8 Å². The average molecular weight is 250 g/mol. The molecule has 0 saturated carbocycles. The highest BCUT2D eigenvalue weighted by Gasteiger charge is 2.07. The van der Waals surface area contributed by atoms with E-state index in [0.717, 1.165) is 12.0 Å². The quantitative estimate of drug-likeness (QED) is 0.809. The van der Waals surface area contributed by atoms with Crippen LogP contribution in [0.1, 0.15) is 39.2 Å². The standard InChI is InChI=1S/C14H22N2O2/c1-4-18-14-12(6-5-9-15-14)10-16-13(17)8-7-11(2)3/h5-6,9,11H,4,7-8,10H2,1-3H3,(H,16,17). The van der Waals surface area contributed by atoms with E-state index in [9.17, 15) is 4.79 Å². The van der Waals surface area contributed by atoms with Crippen molar-refractivity contribution in [3.63, 3.8) is 0 Å². The highest BCUT2D eigenvalue weighted by atomic mass is 16.5. The van der Waals surface area contributed by atoms with Gasteiger partial charge in [-0.3, -0.25) is 4.79 Å². The van der Waals surface area contributed by atoms with Gasteiger partial charge in [0.25, 0.3) is 0 Å². The third-order valence-electron chi connectivity index (χ3n) is 2.56. The van der Waals surface area contributed by atoms with Crippen molar-refractivity contribution >= 4 is 5.91 Å². The molecule has 0 aliphatic rings. The predicted octanol–water partition coefficient (Wildman–Crippen LogP) is 2.53. The van der Waals surface area contributed by atoms with Crippen molar-refractivity contribution in [2.75, 3.05) is 6.61 Å². The highest BCUT2D eigenvalue weighted by molar-refractivity contribution is 5.75. The lowest BCUT2D eigenvalue weighted by molar-refractivity contribution is -0.121. The first kappa shape index (κ1) is 14.5. The smallest absolute Gasteiger partial charge is 0.220 e. The Hall–Kier alpha value is -1.58.